The number of carbonyl (C=O) groups is 1. The zero-order valence-corrected chi connectivity index (χ0v) is 14.1. The molecule has 1 aromatic carbocycles. The fourth-order valence-electron chi connectivity index (χ4n) is 3.69. The van der Waals surface area contributed by atoms with Gasteiger partial charge < -0.3 is 4.90 Å². The number of benzene rings is 1. The Bertz CT molecular complexity index is 873. The molecule has 25 heavy (non-hydrogen) atoms. The van der Waals surface area contributed by atoms with Gasteiger partial charge in [0.05, 0.1) is 5.52 Å². The Kier molecular flexibility index (Phi) is 4.42. The second-order valence-electron chi connectivity index (χ2n) is 6.66. The minimum atomic E-state index is 0.115. The van der Waals surface area contributed by atoms with Gasteiger partial charge in [0.2, 0.25) is 0 Å². The molecular weight excluding hydrogens is 310 g/mol. The maximum Gasteiger partial charge on any atom is 0.254 e. The van der Waals surface area contributed by atoms with Crippen molar-refractivity contribution in [2.45, 2.75) is 19.3 Å². The Morgan fingerprint density at radius 1 is 1.04 bits per heavy atom. The first-order chi connectivity index (χ1) is 12.3. The number of hydrogen-bond donors (Lipinski definition) is 0. The molecule has 4 rings (SSSR count). The lowest BCUT2D eigenvalue weighted by Crippen LogP contribution is -2.40. The molecule has 1 saturated heterocycles. The van der Waals surface area contributed by atoms with Gasteiger partial charge in [-0.25, -0.2) is 0 Å². The van der Waals surface area contributed by atoms with Crippen LogP contribution >= 0.6 is 0 Å². The molecule has 1 atom stereocenters. The number of aromatic nitrogens is 2. The summed E-state index contributed by atoms with van der Waals surface area (Å²) in [5.41, 5.74) is 2.73. The van der Waals surface area contributed by atoms with Crippen molar-refractivity contribution < 1.29 is 4.79 Å². The molecular formula is C21H21N3O. The molecule has 1 aliphatic heterocycles. The topological polar surface area (TPSA) is 46.1 Å². The lowest BCUT2D eigenvalue weighted by molar-refractivity contribution is 0.0675. The highest BCUT2D eigenvalue weighted by Crippen LogP contribution is 2.24. The third kappa shape index (κ3) is 3.38. The average Bonchev–Trinajstić information content (AvgIpc) is 2.68. The van der Waals surface area contributed by atoms with Gasteiger partial charge in [-0.05, 0) is 55.5 Å². The van der Waals surface area contributed by atoms with E-state index < -0.39 is 0 Å². The van der Waals surface area contributed by atoms with Gasteiger partial charge in [-0.3, -0.25) is 14.8 Å². The Balaban J connectivity index is 1.53. The van der Waals surface area contributed by atoms with E-state index in [9.17, 15) is 4.79 Å². The number of likely N-dealkylation sites (tertiary alicyclic amines) is 1. The minimum absolute atomic E-state index is 0.115. The lowest BCUT2D eigenvalue weighted by atomic mass is 9.92. The SMILES string of the molecule is O=C(c1cccc2ncccc12)N1CCC[C@H](Cc2ccccn2)C1. The normalized spacial score (nSPS) is 17.6. The molecule has 0 bridgehead atoms. The van der Waals surface area contributed by atoms with Gasteiger partial charge in [0.25, 0.3) is 5.91 Å². The quantitative estimate of drug-likeness (QED) is 0.735. The lowest BCUT2D eigenvalue weighted by Gasteiger charge is -2.33. The van der Waals surface area contributed by atoms with Crippen LogP contribution in [-0.2, 0) is 6.42 Å². The first-order valence-corrected chi connectivity index (χ1v) is 8.84. The van der Waals surface area contributed by atoms with Gasteiger partial charge in [0.15, 0.2) is 0 Å². The van der Waals surface area contributed by atoms with Crippen molar-refractivity contribution in [2.75, 3.05) is 13.1 Å². The van der Waals surface area contributed by atoms with Crippen LogP contribution in [0.2, 0.25) is 0 Å². The summed E-state index contributed by atoms with van der Waals surface area (Å²) in [5, 5.41) is 0.932. The molecule has 126 valence electrons. The van der Waals surface area contributed by atoms with Gasteiger partial charge in [0, 0.05) is 42.1 Å². The van der Waals surface area contributed by atoms with Crippen LogP contribution < -0.4 is 0 Å². The standard InChI is InChI=1S/C21H21N3O/c25-21(19-8-3-10-20-18(19)9-4-12-23-20)24-13-5-6-16(15-24)14-17-7-1-2-11-22-17/h1-4,7-12,16H,5-6,13-15H2/t16-/m1/s1. The van der Waals surface area contributed by atoms with Crippen LogP contribution in [0.15, 0.2) is 60.9 Å². The predicted octanol–water partition coefficient (Wildman–Crippen LogP) is 3.72. The van der Waals surface area contributed by atoms with Crippen molar-refractivity contribution in [3.05, 3.63) is 72.2 Å². The summed E-state index contributed by atoms with van der Waals surface area (Å²) in [6.45, 7) is 1.63. The van der Waals surface area contributed by atoms with Crippen molar-refractivity contribution in [3.8, 4) is 0 Å². The number of fused-ring (bicyclic) bond motifs is 1. The number of rotatable bonds is 3. The highest BCUT2D eigenvalue weighted by Gasteiger charge is 2.25. The van der Waals surface area contributed by atoms with E-state index in [0.717, 1.165) is 54.5 Å². The summed E-state index contributed by atoms with van der Waals surface area (Å²) in [6, 6.07) is 15.7. The van der Waals surface area contributed by atoms with E-state index in [1.54, 1.807) is 6.20 Å². The smallest absolute Gasteiger partial charge is 0.254 e. The van der Waals surface area contributed by atoms with Crippen LogP contribution in [-0.4, -0.2) is 33.9 Å². The van der Waals surface area contributed by atoms with E-state index in [2.05, 4.69) is 16.0 Å². The number of carbonyl (C=O) groups excluding carboxylic acids is 1. The number of piperidine rings is 1. The molecule has 0 saturated carbocycles. The Morgan fingerprint density at radius 2 is 1.96 bits per heavy atom. The minimum Gasteiger partial charge on any atom is -0.338 e. The first-order valence-electron chi connectivity index (χ1n) is 8.84. The monoisotopic (exact) mass is 331 g/mol. The van der Waals surface area contributed by atoms with E-state index in [0.29, 0.717) is 5.92 Å². The first kappa shape index (κ1) is 15.8. The van der Waals surface area contributed by atoms with Crippen LogP contribution in [0, 0.1) is 5.92 Å². The molecule has 1 aliphatic rings. The maximum absolute atomic E-state index is 13.1. The highest BCUT2D eigenvalue weighted by atomic mass is 16.2. The second kappa shape index (κ2) is 7.01. The van der Waals surface area contributed by atoms with Crippen LogP contribution in [0.5, 0.6) is 0 Å². The van der Waals surface area contributed by atoms with Gasteiger partial charge in [-0.2, -0.15) is 0 Å². The van der Waals surface area contributed by atoms with Gasteiger partial charge in [0.1, 0.15) is 0 Å². The maximum atomic E-state index is 13.1. The van der Waals surface area contributed by atoms with E-state index in [4.69, 9.17) is 0 Å². The summed E-state index contributed by atoms with van der Waals surface area (Å²) in [4.78, 5) is 23.9. The largest absolute Gasteiger partial charge is 0.338 e. The molecule has 3 aromatic rings. The fourth-order valence-corrected chi connectivity index (χ4v) is 3.69. The molecule has 3 heterocycles. The summed E-state index contributed by atoms with van der Waals surface area (Å²) in [5.74, 6) is 0.588. The molecule has 4 nitrogen and oxygen atoms in total. The number of pyridine rings is 2. The molecule has 0 N–H and O–H groups in total. The Hall–Kier alpha value is -2.75. The number of amides is 1. The summed E-state index contributed by atoms with van der Waals surface area (Å²) < 4.78 is 0. The van der Waals surface area contributed by atoms with Gasteiger partial charge in [-0.15, -0.1) is 0 Å². The molecule has 0 aliphatic carbocycles. The molecule has 0 unspecified atom stereocenters. The number of nitrogens with zero attached hydrogens (tertiary/aromatic N) is 3. The van der Waals surface area contributed by atoms with E-state index in [1.807, 2.05) is 53.6 Å². The summed E-state index contributed by atoms with van der Waals surface area (Å²) in [7, 11) is 0. The molecule has 1 amide bonds. The molecule has 0 spiro atoms. The van der Waals surface area contributed by atoms with Crippen molar-refractivity contribution >= 4 is 16.8 Å². The van der Waals surface area contributed by atoms with Gasteiger partial charge >= 0.3 is 0 Å². The number of hydrogen-bond acceptors (Lipinski definition) is 3. The molecule has 1 fully saturated rings. The molecule has 4 heteroatoms. The highest BCUT2D eigenvalue weighted by molar-refractivity contribution is 6.06. The van der Waals surface area contributed by atoms with Crippen molar-refractivity contribution in [1.82, 2.24) is 14.9 Å². The van der Waals surface area contributed by atoms with E-state index in [1.165, 1.54) is 0 Å². The van der Waals surface area contributed by atoms with E-state index >= 15 is 0 Å². The Labute approximate surface area is 147 Å². The van der Waals surface area contributed by atoms with Crippen molar-refractivity contribution in [3.63, 3.8) is 0 Å². The third-order valence-electron chi connectivity index (χ3n) is 4.91. The van der Waals surface area contributed by atoms with Crippen LogP contribution in [0.25, 0.3) is 10.9 Å². The molecule has 2 aromatic heterocycles. The zero-order valence-electron chi connectivity index (χ0n) is 14.1. The van der Waals surface area contributed by atoms with E-state index in [-0.39, 0.29) is 5.91 Å². The van der Waals surface area contributed by atoms with Gasteiger partial charge in [-0.1, -0.05) is 18.2 Å². The average molecular weight is 331 g/mol. The van der Waals surface area contributed by atoms with Crippen LogP contribution in [0.4, 0.5) is 0 Å². The predicted molar refractivity (Wildman–Crippen MR) is 98.3 cm³/mol. The molecule has 0 radical (unpaired) electrons. The van der Waals surface area contributed by atoms with Crippen LogP contribution in [0.1, 0.15) is 28.9 Å². The zero-order chi connectivity index (χ0) is 17.1. The van der Waals surface area contributed by atoms with Crippen molar-refractivity contribution in [1.29, 1.82) is 0 Å². The third-order valence-corrected chi connectivity index (χ3v) is 4.91. The summed E-state index contributed by atoms with van der Waals surface area (Å²) in [6.07, 6.45) is 6.73. The van der Waals surface area contributed by atoms with Crippen molar-refractivity contribution in [2.24, 2.45) is 5.92 Å². The Morgan fingerprint density at radius 3 is 2.84 bits per heavy atom. The summed E-state index contributed by atoms with van der Waals surface area (Å²) >= 11 is 0. The fraction of sp³-hybridized carbons (Fsp3) is 0.286. The second-order valence-corrected chi connectivity index (χ2v) is 6.66. The van der Waals surface area contributed by atoms with Crippen LogP contribution in [0.3, 0.4) is 0 Å².